The number of hydrogen-bond acceptors (Lipinski definition) is 6. The standard InChI is InChI=1S/C22H33N5O2S/c1-17(20(28)25(2)18-10-5-3-6-11-18)30-22-24-23-21(26-13-7-4-8-14-26)27(22)16-19-12-9-15-29-19/h9,12,15,17-18H,3-8,10-11,13-14,16H2,1-2H3. The van der Waals surface area contributed by atoms with Crippen LogP contribution in [-0.2, 0) is 11.3 Å². The molecule has 7 nitrogen and oxygen atoms in total. The molecule has 2 aromatic rings. The highest BCUT2D eigenvalue weighted by Crippen LogP contribution is 2.30. The average molecular weight is 432 g/mol. The van der Waals surface area contributed by atoms with Crippen LogP contribution >= 0.6 is 11.8 Å². The lowest BCUT2D eigenvalue weighted by Crippen LogP contribution is -2.42. The molecular formula is C22H33N5O2S. The normalized spacial score (nSPS) is 19.1. The molecule has 164 valence electrons. The molecule has 2 aliphatic rings. The van der Waals surface area contributed by atoms with Crippen molar-refractivity contribution in [3.05, 3.63) is 24.2 Å². The van der Waals surface area contributed by atoms with Crippen LogP contribution in [0.1, 0.15) is 64.1 Å². The second-order valence-corrected chi connectivity index (χ2v) is 9.80. The van der Waals surface area contributed by atoms with Crippen LogP contribution in [0.15, 0.2) is 28.0 Å². The van der Waals surface area contributed by atoms with Crippen LogP contribution in [0.25, 0.3) is 0 Å². The molecule has 30 heavy (non-hydrogen) atoms. The van der Waals surface area contributed by atoms with Crippen molar-refractivity contribution in [1.29, 1.82) is 0 Å². The van der Waals surface area contributed by atoms with Gasteiger partial charge in [0.05, 0.1) is 18.1 Å². The summed E-state index contributed by atoms with van der Waals surface area (Å²) in [5.74, 6) is 1.93. The Morgan fingerprint density at radius 1 is 1.20 bits per heavy atom. The lowest BCUT2D eigenvalue weighted by Gasteiger charge is -2.32. The van der Waals surface area contributed by atoms with Crippen molar-refractivity contribution in [2.45, 2.75) is 81.3 Å². The number of nitrogens with zero attached hydrogens (tertiary/aromatic N) is 5. The fourth-order valence-corrected chi connectivity index (χ4v) is 5.48. The van der Waals surface area contributed by atoms with Crippen LogP contribution in [0.4, 0.5) is 5.95 Å². The molecule has 3 heterocycles. The molecule has 2 fully saturated rings. The van der Waals surface area contributed by atoms with Gasteiger partial charge in [0.25, 0.3) is 0 Å². The number of thioether (sulfide) groups is 1. The molecule has 8 heteroatoms. The summed E-state index contributed by atoms with van der Waals surface area (Å²) >= 11 is 1.51. The molecule has 0 N–H and O–H groups in total. The van der Waals surface area contributed by atoms with Gasteiger partial charge in [-0.05, 0) is 51.2 Å². The predicted molar refractivity (Wildman–Crippen MR) is 119 cm³/mol. The first kappa shape index (κ1) is 21.3. The van der Waals surface area contributed by atoms with E-state index in [1.807, 2.05) is 31.0 Å². The Morgan fingerprint density at radius 2 is 1.93 bits per heavy atom. The van der Waals surface area contributed by atoms with Crippen LogP contribution in [0.5, 0.6) is 0 Å². The number of carbonyl (C=O) groups excluding carboxylic acids is 1. The molecule has 1 unspecified atom stereocenters. The van der Waals surface area contributed by atoms with Gasteiger partial charge in [-0.3, -0.25) is 9.36 Å². The number of amides is 1. The SMILES string of the molecule is CC(Sc1nnc(N2CCCCC2)n1Cc1ccco1)C(=O)N(C)C1CCCCC1. The van der Waals surface area contributed by atoms with E-state index in [1.54, 1.807) is 6.26 Å². The van der Waals surface area contributed by atoms with E-state index in [0.717, 1.165) is 42.8 Å². The maximum Gasteiger partial charge on any atom is 0.235 e. The molecule has 1 amide bonds. The fraction of sp³-hybridized carbons (Fsp3) is 0.682. The molecule has 1 aliphatic carbocycles. The molecule has 1 saturated heterocycles. The van der Waals surface area contributed by atoms with Gasteiger partial charge in [0.1, 0.15) is 5.76 Å². The highest BCUT2D eigenvalue weighted by molar-refractivity contribution is 8.00. The molecule has 0 aromatic carbocycles. The van der Waals surface area contributed by atoms with Gasteiger partial charge in [0.2, 0.25) is 11.9 Å². The van der Waals surface area contributed by atoms with Crippen molar-refractivity contribution in [3.8, 4) is 0 Å². The Kier molecular flexibility index (Phi) is 7.02. The van der Waals surface area contributed by atoms with Gasteiger partial charge in [0.15, 0.2) is 5.16 Å². The van der Waals surface area contributed by atoms with E-state index in [1.165, 1.54) is 50.3 Å². The van der Waals surface area contributed by atoms with Gasteiger partial charge in [0, 0.05) is 26.2 Å². The summed E-state index contributed by atoms with van der Waals surface area (Å²) in [6, 6.07) is 4.25. The first-order valence-corrected chi connectivity index (χ1v) is 12.2. The van der Waals surface area contributed by atoms with Crippen LogP contribution in [0.3, 0.4) is 0 Å². The van der Waals surface area contributed by atoms with Crippen LogP contribution in [-0.4, -0.2) is 57.0 Å². The van der Waals surface area contributed by atoms with Crippen LogP contribution < -0.4 is 4.90 Å². The largest absolute Gasteiger partial charge is 0.467 e. The maximum atomic E-state index is 13.1. The third kappa shape index (κ3) is 4.85. The number of anilines is 1. The van der Waals surface area contributed by atoms with Crippen molar-refractivity contribution in [2.75, 3.05) is 25.0 Å². The highest BCUT2D eigenvalue weighted by Gasteiger charge is 2.29. The lowest BCUT2D eigenvalue weighted by molar-refractivity contribution is -0.131. The molecule has 1 saturated carbocycles. The Hall–Kier alpha value is -1.96. The summed E-state index contributed by atoms with van der Waals surface area (Å²) in [4.78, 5) is 17.4. The summed E-state index contributed by atoms with van der Waals surface area (Å²) in [7, 11) is 1.96. The van der Waals surface area contributed by atoms with Crippen molar-refractivity contribution in [2.24, 2.45) is 0 Å². The van der Waals surface area contributed by atoms with Gasteiger partial charge in [-0.25, -0.2) is 0 Å². The van der Waals surface area contributed by atoms with Gasteiger partial charge in [-0.2, -0.15) is 0 Å². The van der Waals surface area contributed by atoms with Crippen molar-refractivity contribution >= 4 is 23.6 Å². The molecule has 0 spiro atoms. The quantitative estimate of drug-likeness (QED) is 0.613. The average Bonchev–Trinajstić information content (AvgIpc) is 3.44. The van der Waals surface area contributed by atoms with Crippen molar-refractivity contribution in [1.82, 2.24) is 19.7 Å². The van der Waals surface area contributed by atoms with E-state index < -0.39 is 0 Å². The van der Waals surface area contributed by atoms with E-state index in [0.29, 0.717) is 12.6 Å². The van der Waals surface area contributed by atoms with E-state index in [4.69, 9.17) is 4.42 Å². The monoisotopic (exact) mass is 431 g/mol. The third-order valence-electron chi connectivity index (χ3n) is 6.33. The number of hydrogen-bond donors (Lipinski definition) is 0. The Bertz CT molecular complexity index is 810. The van der Waals surface area contributed by atoms with Crippen molar-refractivity contribution in [3.63, 3.8) is 0 Å². The zero-order chi connectivity index (χ0) is 20.9. The van der Waals surface area contributed by atoms with E-state index in [2.05, 4.69) is 19.7 Å². The predicted octanol–water partition coefficient (Wildman–Crippen LogP) is 4.18. The highest BCUT2D eigenvalue weighted by atomic mass is 32.2. The van der Waals surface area contributed by atoms with Crippen LogP contribution in [0, 0.1) is 0 Å². The van der Waals surface area contributed by atoms with E-state index >= 15 is 0 Å². The number of piperidine rings is 1. The molecule has 4 rings (SSSR count). The topological polar surface area (TPSA) is 67.4 Å². The number of aromatic nitrogens is 3. The number of rotatable bonds is 7. The first-order valence-electron chi connectivity index (χ1n) is 11.3. The fourth-order valence-electron chi connectivity index (χ4n) is 4.54. The summed E-state index contributed by atoms with van der Waals surface area (Å²) in [6.45, 7) is 4.56. The minimum Gasteiger partial charge on any atom is -0.467 e. The minimum atomic E-state index is -0.203. The number of furan rings is 1. The summed E-state index contributed by atoms with van der Waals surface area (Å²) in [5, 5.41) is 9.59. The molecule has 0 radical (unpaired) electrons. The van der Waals surface area contributed by atoms with E-state index in [9.17, 15) is 4.79 Å². The second-order valence-electron chi connectivity index (χ2n) is 8.50. The molecule has 0 bridgehead atoms. The van der Waals surface area contributed by atoms with E-state index in [-0.39, 0.29) is 11.2 Å². The van der Waals surface area contributed by atoms with Gasteiger partial charge in [-0.15, -0.1) is 10.2 Å². The lowest BCUT2D eigenvalue weighted by atomic mass is 9.94. The molecule has 1 aliphatic heterocycles. The van der Waals surface area contributed by atoms with Crippen LogP contribution in [0.2, 0.25) is 0 Å². The molecule has 2 aromatic heterocycles. The first-order chi connectivity index (χ1) is 14.6. The smallest absolute Gasteiger partial charge is 0.235 e. The van der Waals surface area contributed by atoms with Gasteiger partial charge >= 0.3 is 0 Å². The molecule has 1 atom stereocenters. The zero-order valence-corrected chi connectivity index (χ0v) is 18.9. The number of carbonyl (C=O) groups is 1. The van der Waals surface area contributed by atoms with Gasteiger partial charge in [-0.1, -0.05) is 31.0 Å². The third-order valence-corrected chi connectivity index (χ3v) is 7.40. The summed E-state index contributed by atoms with van der Waals surface area (Å²) < 4.78 is 7.71. The zero-order valence-electron chi connectivity index (χ0n) is 18.1. The Balaban J connectivity index is 1.50. The maximum absolute atomic E-state index is 13.1. The molecular weight excluding hydrogens is 398 g/mol. The Morgan fingerprint density at radius 3 is 2.63 bits per heavy atom. The Labute approximate surface area is 183 Å². The van der Waals surface area contributed by atoms with Gasteiger partial charge < -0.3 is 14.2 Å². The second kappa shape index (κ2) is 9.90. The minimum absolute atomic E-state index is 0.180. The summed E-state index contributed by atoms with van der Waals surface area (Å²) in [6.07, 6.45) is 11.3. The summed E-state index contributed by atoms with van der Waals surface area (Å²) in [5.41, 5.74) is 0. The van der Waals surface area contributed by atoms with Crippen molar-refractivity contribution < 1.29 is 9.21 Å².